The molecule has 8 nitrogen and oxygen atoms in total. The van der Waals surface area contributed by atoms with Crippen LogP contribution in [-0.2, 0) is 26.0 Å². The molecule has 1 fully saturated rings. The number of rotatable bonds is 2. The number of aromatic nitrogens is 1. The topological polar surface area (TPSA) is 107 Å². The third-order valence-corrected chi connectivity index (χ3v) is 10.5. The van der Waals surface area contributed by atoms with E-state index in [1.165, 1.54) is 0 Å². The molecule has 0 radical (unpaired) electrons. The number of nitrogens with one attached hydrogen (secondary N) is 1. The molecule has 184 valence electrons. The molecular weight excluding hydrogens is 546 g/mol. The number of benzene rings is 1. The van der Waals surface area contributed by atoms with Crippen LogP contribution in [0, 0.1) is 12.3 Å². The van der Waals surface area contributed by atoms with Crippen molar-refractivity contribution in [1.29, 1.82) is 0 Å². The van der Waals surface area contributed by atoms with E-state index in [0.29, 0.717) is 48.5 Å². The third kappa shape index (κ3) is 2.77. The van der Waals surface area contributed by atoms with Gasteiger partial charge in [-0.3, -0.25) is 14.6 Å². The van der Waals surface area contributed by atoms with Crippen molar-refractivity contribution in [3.63, 3.8) is 0 Å². The quantitative estimate of drug-likeness (QED) is 0.559. The van der Waals surface area contributed by atoms with Crippen LogP contribution in [0.4, 0.5) is 0 Å². The predicted octanol–water partition coefficient (Wildman–Crippen LogP) is 2.48. The number of ketones is 2. The van der Waals surface area contributed by atoms with E-state index in [1.807, 2.05) is 13.0 Å². The number of halogens is 1. The number of aliphatic imine (C=N–C) groups is 1. The molecule has 1 aromatic carbocycles. The molecular formula is C26H22BrN3O5S. The lowest BCUT2D eigenvalue weighted by atomic mass is 9.60. The van der Waals surface area contributed by atoms with Crippen LogP contribution in [0.25, 0.3) is 0 Å². The Kier molecular flexibility index (Phi) is 4.58. The molecule has 2 aliphatic carbocycles. The number of carbonyl (C=O) groups is 2. The van der Waals surface area contributed by atoms with E-state index in [-0.39, 0.29) is 28.2 Å². The maximum absolute atomic E-state index is 14.1. The summed E-state index contributed by atoms with van der Waals surface area (Å²) in [6.45, 7) is 2.71. The first-order chi connectivity index (χ1) is 17.2. The van der Waals surface area contributed by atoms with Gasteiger partial charge in [0, 0.05) is 29.3 Å². The Balaban J connectivity index is 1.47. The molecule has 5 aliphatic rings. The molecule has 1 spiro atoms. The highest BCUT2D eigenvalue weighted by Crippen LogP contribution is 2.54. The van der Waals surface area contributed by atoms with E-state index >= 15 is 0 Å². The van der Waals surface area contributed by atoms with Gasteiger partial charge in [0.15, 0.2) is 5.78 Å². The van der Waals surface area contributed by atoms with Crippen LogP contribution in [0.2, 0.25) is 0 Å². The van der Waals surface area contributed by atoms with Crippen molar-refractivity contribution < 1.29 is 22.7 Å². The molecule has 0 saturated carbocycles. The summed E-state index contributed by atoms with van der Waals surface area (Å²) in [7, 11) is -4.01. The molecule has 36 heavy (non-hydrogen) atoms. The van der Waals surface area contributed by atoms with Gasteiger partial charge in [-0.05, 0) is 43.5 Å². The molecule has 2 bridgehead atoms. The number of hydrogen-bond acceptors (Lipinski definition) is 7. The highest BCUT2D eigenvalue weighted by molar-refractivity contribution is 9.10. The van der Waals surface area contributed by atoms with Gasteiger partial charge in [0.1, 0.15) is 10.5 Å². The van der Waals surface area contributed by atoms with E-state index in [9.17, 15) is 18.0 Å². The number of ether oxygens (including phenoxy) is 1. The number of fused-ring (bicyclic) bond motifs is 2. The average Bonchev–Trinajstić information content (AvgIpc) is 3.27. The van der Waals surface area contributed by atoms with E-state index in [4.69, 9.17) is 9.73 Å². The van der Waals surface area contributed by atoms with Crippen LogP contribution in [0.3, 0.4) is 0 Å². The summed E-state index contributed by atoms with van der Waals surface area (Å²) >= 11 is 3.53. The van der Waals surface area contributed by atoms with Gasteiger partial charge in [-0.2, -0.15) is 0 Å². The van der Waals surface area contributed by atoms with E-state index in [1.54, 1.807) is 36.5 Å². The van der Waals surface area contributed by atoms with Gasteiger partial charge in [0.05, 0.1) is 35.1 Å². The molecule has 0 amide bonds. The van der Waals surface area contributed by atoms with Crippen molar-refractivity contribution in [2.24, 2.45) is 10.4 Å². The largest absolute Gasteiger partial charge is 0.376 e. The molecule has 4 heterocycles. The summed E-state index contributed by atoms with van der Waals surface area (Å²) in [5.74, 6) is -0.446. The second-order valence-corrected chi connectivity index (χ2v) is 12.8. The predicted molar refractivity (Wildman–Crippen MR) is 135 cm³/mol. The Morgan fingerprint density at radius 3 is 2.78 bits per heavy atom. The summed E-state index contributed by atoms with van der Waals surface area (Å²) in [5, 5.41) is 3.34. The zero-order valence-electron chi connectivity index (χ0n) is 19.3. The fraction of sp³-hybridized carbons (Fsp3) is 0.346. The number of aryl methyl sites for hydroxylation is 1. The summed E-state index contributed by atoms with van der Waals surface area (Å²) in [6, 6.07) is 6.46. The molecule has 10 heteroatoms. The van der Waals surface area contributed by atoms with Gasteiger partial charge in [0.25, 0.3) is 10.0 Å². The number of allylic oxidation sites excluding steroid dienone is 2. The zero-order valence-corrected chi connectivity index (χ0v) is 21.7. The first-order valence-corrected chi connectivity index (χ1v) is 14.2. The molecule has 0 unspecified atom stereocenters. The summed E-state index contributed by atoms with van der Waals surface area (Å²) in [5.41, 5.74) is 3.40. The molecule has 1 N–H and O–H groups in total. The zero-order chi connectivity index (χ0) is 25.0. The van der Waals surface area contributed by atoms with Crippen molar-refractivity contribution in [3.8, 4) is 0 Å². The third-order valence-electron chi connectivity index (χ3n) is 7.91. The molecule has 1 saturated heterocycles. The Morgan fingerprint density at radius 2 is 2.00 bits per heavy atom. The number of alkyl halides is 1. The van der Waals surface area contributed by atoms with Gasteiger partial charge in [-0.25, -0.2) is 12.4 Å². The minimum atomic E-state index is -4.01. The van der Waals surface area contributed by atoms with Crippen molar-refractivity contribution in [1.82, 2.24) is 9.29 Å². The number of hydrogen-bond donors (Lipinski definition) is 1. The maximum atomic E-state index is 14.1. The molecule has 1 aromatic heterocycles. The number of nitrogens with zero attached hydrogens (tertiary/aromatic N) is 2. The highest BCUT2D eigenvalue weighted by atomic mass is 79.9. The van der Waals surface area contributed by atoms with Gasteiger partial charge in [-0.1, -0.05) is 39.7 Å². The molecule has 4 atom stereocenters. The monoisotopic (exact) mass is 567 g/mol. The fourth-order valence-corrected chi connectivity index (χ4v) is 8.45. The lowest BCUT2D eigenvalue weighted by molar-refractivity contribution is -0.123. The molecule has 3 aliphatic heterocycles. The van der Waals surface area contributed by atoms with Crippen LogP contribution < -0.4 is 5.32 Å². The first kappa shape index (κ1) is 22.4. The average molecular weight is 568 g/mol. The number of Topliss-reactive ketones (excluding diaryl/α,β-unsaturated/α-hetero) is 1. The van der Waals surface area contributed by atoms with E-state index < -0.39 is 26.4 Å². The lowest BCUT2D eigenvalue weighted by Gasteiger charge is -2.54. The van der Waals surface area contributed by atoms with Gasteiger partial charge in [-0.15, -0.1) is 0 Å². The minimum Gasteiger partial charge on any atom is -0.376 e. The normalized spacial score (nSPS) is 30.3. The summed E-state index contributed by atoms with van der Waals surface area (Å²) < 4.78 is 34.8. The minimum absolute atomic E-state index is 0.0748. The summed E-state index contributed by atoms with van der Waals surface area (Å²) in [4.78, 5) is 31.1. The standard InChI is InChI=1S/C26H22BrN3O5S/c1-13-2-4-16(5-3-13)36(33,34)30-11-14-7-9-28-21-18(14)23(30)24(32)22-19(21)26-8-6-17(31)20(27)25(26)35-12-15(10-26)29-22/h2-6,8,11,15,20,25,29H,7,9-10,12H2,1H3/t15-,20-,25-,26+/m0/s1. The Morgan fingerprint density at radius 1 is 1.22 bits per heavy atom. The Hall–Kier alpha value is -2.82. The second kappa shape index (κ2) is 7.36. The van der Waals surface area contributed by atoms with Crippen LogP contribution in [0.5, 0.6) is 0 Å². The smallest absolute Gasteiger partial charge is 0.268 e. The van der Waals surface area contributed by atoms with E-state index in [2.05, 4.69) is 21.2 Å². The van der Waals surface area contributed by atoms with Crippen molar-refractivity contribution in [3.05, 3.63) is 76.3 Å². The number of carbonyl (C=O) groups excluding carboxylic acids is 2. The van der Waals surface area contributed by atoms with Crippen LogP contribution in [-0.4, -0.2) is 59.8 Å². The van der Waals surface area contributed by atoms with Gasteiger partial charge < -0.3 is 10.1 Å². The van der Waals surface area contributed by atoms with E-state index in [0.717, 1.165) is 15.1 Å². The second-order valence-electron chi connectivity index (χ2n) is 10.0. The lowest BCUT2D eigenvalue weighted by Crippen LogP contribution is -2.62. The molecule has 2 aromatic rings. The van der Waals surface area contributed by atoms with Crippen molar-refractivity contribution in [2.75, 3.05) is 13.2 Å². The van der Waals surface area contributed by atoms with Gasteiger partial charge >= 0.3 is 0 Å². The van der Waals surface area contributed by atoms with Crippen molar-refractivity contribution in [2.45, 2.75) is 41.6 Å². The SMILES string of the molecule is Cc1ccc(S(=O)(=O)n2cc3c4c2C(=O)C2=C(C4=NCC3)[C@]34C=CC(=O)[C@H](Br)[C@@H]3OC[C@H](C4)N2)cc1. The van der Waals surface area contributed by atoms with Crippen molar-refractivity contribution >= 4 is 43.2 Å². The van der Waals surface area contributed by atoms with Gasteiger partial charge in [0.2, 0.25) is 5.78 Å². The first-order valence-electron chi connectivity index (χ1n) is 11.9. The van der Waals surface area contributed by atoms with Crippen LogP contribution in [0.1, 0.15) is 33.6 Å². The highest BCUT2D eigenvalue weighted by Gasteiger charge is 2.59. The fourth-order valence-electron chi connectivity index (χ4n) is 6.28. The Bertz CT molecular complexity index is 1580. The van der Waals surface area contributed by atoms with Crippen LogP contribution in [0.15, 0.2) is 63.8 Å². The Labute approximate surface area is 216 Å². The van der Waals surface area contributed by atoms with Crippen LogP contribution >= 0.6 is 15.9 Å². The maximum Gasteiger partial charge on any atom is 0.268 e. The molecule has 7 rings (SSSR count). The summed E-state index contributed by atoms with van der Waals surface area (Å²) in [6.07, 6.45) is 5.72.